The summed E-state index contributed by atoms with van der Waals surface area (Å²) in [4.78, 5) is 0. The van der Waals surface area contributed by atoms with Gasteiger partial charge in [0.05, 0.1) is 0 Å². The van der Waals surface area contributed by atoms with Crippen LogP contribution in [0.5, 0.6) is 0 Å². The zero-order valence-electron chi connectivity index (χ0n) is 10.6. The molecule has 0 bridgehead atoms. The lowest BCUT2D eigenvalue weighted by Crippen LogP contribution is -2.30. The third-order valence-corrected chi connectivity index (χ3v) is 8.05. The second kappa shape index (κ2) is 7.84. The predicted octanol–water partition coefficient (Wildman–Crippen LogP) is 4.14. The van der Waals surface area contributed by atoms with Gasteiger partial charge in [0.1, 0.15) is 0 Å². The molecule has 0 aromatic rings. The average molecular weight is 234 g/mol. The van der Waals surface area contributed by atoms with Crippen molar-refractivity contribution in [2.45, 2.75) is 46.3 Å². The summed E-state index contributed by atoms with van der Waals surface area (Å²) in [5.41, 5.74) is 0. The van der Waals surface area contributed by atoms with Crippen molar-refractivity contribution < 1.29 is 4.43 Å². The van der Waals surface area contributed by atoms with Gasteiger partial charge in [-0.15, -0.1) is 7.92 Å². The normalized spacial score (nSPS) is 12.4. The van der Waals surface area contributed by atoms with Crippen molar-refractivity contribution in [3.05, 3.63) is 0 Å². The van der Waals surface area contributed by atoms with Crippen LogP contribution in [0.3, 0.4) is 0 Å². The molecule has 14 heavy (non-hydrogen) atoms. The first-order valence-corrected chi connectivity index (χ1v) is 10.9. The highest BCUT2D eigenvalue weighted by atomic mass is 31.1. The van der Waals surface area contributed by atoms with E-state index in [1.54, 1.807) is 0 Å². The van der Waals surface area contributed by atoms with Gasteiger partial charge in [0.2, 0.25) is 0 Å². The second-order valence-corrected chi connectivity index (χ2v) is 11.7. The Hall–Kier alpha value is 0.607. The van der Waals surface area contributed by atoms with Gasteiger partial charge >= 0.3 is 0 Å². The monoisotopic (exact) mass is 234 g/mol. The van der Waals surface area contributed by atoms with Gasteiger partial charge in [-0.3, -0.25) is 0 Å². The highest BCUT2D eigenvalue weighted by molar-refractivity contribution is 7.57. The standard InChI is InChI=1S/C11H27OPSi/c1-6-12-14(4,5)11-9-10-13(7-2)8-3/h6-11H2,1-5H3. The maximum atomic E-state index is 5.82. The van der Waals surface area contributed by atoms with Crippen LogP contribution in [0.25, 0.3) is 0 Å². The first-order chi connectivity index (χ1) is 6.55. The molecule has 0 aromatic carbocycles. The van der Waals surface area contributed by atoms with E-state index in [0.717, 1.165) is 6.61 Å². The summed E-state index contributed by atoms with van der Waals surface area (Å²) < 4.78 is 5.82. The molecule has 0 radical (unpaired) electrons. The van der Waals surface area contributed by atoms with E-state index < -0.39 is 8.32 Å². The zero-order valence-corrected chi connectivity index (χ0v) is 12.5. The van der Waals surface area contributed by atoms with E-state index in [1.807, 2.05) is 0 Å². The molecule has 0 saturated heterocycles. The molecule has 0 fully saturated rings. The van der Waals surface area contributed by atoms with Gasteiger partial charge in [0.25, 0.3) is 0 Å². The third kappa shape index (κ3) is 6.97. The molecule has 0 aliphatic carbocycles. The van der Waals surface area contributed by atoms with Gasteiger partial charge in [-0.1, -0.05) is 13.8 Å². The quantitative estimate of drug-likeness (QED) is 0.453. The summed E-state index contributed by atoms with van der Waals surface area (Å²) in [7, 11) is -0.937. The molecule has 0 aliphatic heterocycles. The molecule has 86 valence electrons. The highest BCUT2D eigenvalue weighted by Crippen LogP contribution is 2.35. The summed E-state index contributed by atoms with van der Waals surface area (Å²) in [5.74, 6) is 0. The van der Waals surface area contributed by atoms with E-state index in [9.17, 15) is 0 Å². The van der Waals surface area contributed by atoms with E-state index in [2.05, 4.69) is 33.9 Å². The molecule has 0 atom stereocenters. The van der Waals surface area contributed by atoms with Crippen molar-refractivity contribution >= 4 is 16.2 Å². The number of hydrogen-bond acceptors (Lipinski definition) is 1. The lowest BCUT2D eigenvalue weighted by Gasteiger charge is -2.23. The Bertz CT molecular complexity index is 135. The smallest absolute Gasteiger partial charge is 0.186 e. The minimum absolute atomic E-state index is 0.348. The van der Waals surface area contributed by atoms with Crippen LogP contribution in [0.1, 0.15) is 27.2 Å². The van der Waals surface area contributed by atoms with Crippen LogP contribution >= 0.6 is 7.92 Å². The van der Waals surface area contributed by atoms with Crippen molar-refractivity contribution in [1.29, 1.82) is 0 Å². The van der Waals surface area contributed by atoms with Crippen LogP contribution < -0.4 is 0 Å². The Morgan fingerprint density at radius 3 is 2.07 bits per heavy atom. The largest absolute Gasteiger partial charge is 0.418 e. The maximum absolute atomic E-state index is 5.82. The highest BCUT2D eigenvalue weighted by Gasteiger charge is 2.21. The summed E-state index contributed by atoms with van der Waals surface area (Å²) in [6.07, 6.45) is 5.67. The van der Waals surface area contributed by atoms with E-state index in [-0.39, 0.29) is 0 Å². The SMILES string of the molecule is CCO[Si](C)(C)CCCP(CC)CC. The van der Waals surface area contributed by atoms with Crippen molar-refractivity contribution in [3.63, 3.8) is 0 Å². The van der Waals surface area contributed by atoms with Crippen molar-refractivity contribution in [1.82, 2.24) is 0 Å². The number of rotatable bonds is 8. The lowest BCUT2D eigenvalue weighted by atomic mass is 10.6. The Balaban J connectivity index is 3.60. The molecule has 3 heteroatoms. The van der Waals surface area contributed by atoms with Crippen LogP contribution in [-0.4, -0.2) is 33.4 Å². The number of hydrogen-bond donors (Lipinski definition) is 0. The minimum atomic E-state index is -1.29. The molecule has 0 aliphatic rings. The molecule has 0 amide bonds. The van der Waals surface area contributed by atoms with Crippen molar-refractivity contribution in [3.8, 4) is 0 Å². The molecule has 1 nitrogen and oxygen atoms in total. The third-order valence-electron chi connectivity index (χ3n) is 2.68. The average Bonchev–Trinajstić information content (AvgIpc) is 2.12. The first kappa shape index (κ1) is 14.6. The fourth-order valence-corrected chi connectivity index (χ4v) is 5.67. The first-order valence-electron chi connectivity index (χ1n) is 5.92. The molecule has 0 aromatic heterocycles. The molecule has 0 N–H and O–H groups in total. The molecule has 0 saturated carbocycles. The Labute approximate surface area is 92.5 Å². The van der Waals surface area contributed by atoms with Gasteiger partial charge in [-0.05, 0) is 51.0 Å². The van der Waals surface area contributed by atoms with Crippen molar-refractivity contribution in [2.75, 3.05) is 25.1 Å². The Kier molecular flexibility index (Phi) is 8.18. The molecular weight excluding hydrogens is 207 g/mol. The van der Waals surface area contributed by atoms with E-state index in [1.165, 1.54) is 31.0 Å². The van der Waals surface area contributed by atoms with Gasteiger partial charge in [-0.2, -0.15) is 0 Å². The minimum Gasteiger partial charge on any atom is -0.418 e. The molecule has 0 unspecified atom stereocenters. The van der Waals surface area contributed by atoms with Crippen LogP contribution in [0.2, 0.25) is 19.1 Å². The Morgan fingerprint density at radius 2 is 1.64 bits per heavy atom. The van der Waals surface area contributed by atoms with Crippen LogP contribution in [0.4, 0.5) is 0 Å². The summed E-state index contributed by atoms with van der Waals surface area (Å²) in [6, 6.07) is 1.35. The Morgan fingerprint density at radius 1 is 1.07 bits per heavy atom. The van der Waals surface area contributed by atoms with Gasteiger partial charge in [-0.25, -0.2) is 0 Å². The fraction of sp³-hybridized carbons (Fsp3) is 1.00. The van der Waals surface area contributed by atoms with Crippen LogP contribution in [0.15, 0.2) is 0 Å². The molecule has 0 rings (SSSR count). The van der Waals surface area contributed by atoms with E-state index in [4.69, 9.17) is 4.43 Å². The van der Waals surface area contributed by atoms with E-state index in [0.29, 0.717) is 7.92 Å². The summed E-state index contributed by atoms with van der Waals surface area (Å²) in [6.45, 7) is 12.4. The van der Waals surface area contributed by atoms with Gasteiger partial charge < -0.3 is 4.43 Å². The van der Waals surface area contributed by atoms with Crippen LogP contribution in [-0.2, 0) is 4.43 Å². The topological polar surface area (TPSA) is 9.23 Å². The zero-order chi connectivity index (χ0) is 11.0. The summed E-state index contributed by atoms with van der Waals surface area (Å²) >= 11 is 0. The maximum Gasteiger partial charge on any atom is 0.186 e. The lowest BCUT2D eigenvalue weighted by molar-refractivity contribution is 0.328. The van der Waals surface area contributed by atoms with Gasteiger partial charge in [0, 0.05) is 6.61 Å². The van der Waals surface area contributed by atoms with Gasteiger partial charge in [0.15, 0.2) is 8.32 Å². The van der Waals surface area contributed by atoms with E-state index >= 15 is 0 Å². The molecular formula is C11H27OPSi. The molecule has 0 spiro atoms. The second-order valence-electron chi connectivity index (χ2n) is 4.32. The van der Waals surface area contributed by atoms with Crippen molar-refractivity contribution in [2.24, 2.45) is 0 Å². The summed E-state index contributed by atoms with van der Waals surface area (Å²) in [5, 5.41) is 0. The predicted molar refractivity (Wildman–Crippen MR) is 71.4 cm³/mol. The van der Waals surface area contributed by atoms with Crippen LogP contribution in [0, 0.1) is 0 Å². The fourth-order valence-electron chi connectivity index (χ4n) is 1.73. The molecule has 0 heterocycles.